The molecule has 0 radical (unpaired) electrons. The summed E-state index contributed by atoms with van der Waals surface area (Å²) in [5.41, 5.74) is 5.28. The number of nitrogens with one attached hydrogen (secondary N) is 1. The molecule has 17 heavy (non-hydrogen) atoms. The molecule has 0 aromatic heterocycles. The zero-order valence-electron chi connectivity index (χ0n) is 9.02. The lowest BCUT2D eigenvalue weighted by molar-refractivity contribution is 0.576. The number of halogens is 1. The Hall–Kier alpha value is -1.05. The van der Waals surface area contributed by atoms with Gasteiger partial charge in [-0.25, -0.2) is 17.5 Å². The highest BCUT2D eigenvalue weighted by molar-refractivity contribution is 7.89. The summed E-state index contributed by atoms with van der Waals surface area (Å²) in [7, 11) is -3.65. The summed E-state index contributed by atoms with van der Waals surface area (Å²) < 4.78 is 38.6. The predicted molar refractivity (Wildman–Crippen MR) is 67.6 cm³/mol. The molecule has 1 aromatic rings. The summed E-state index contributed by atoms with van der Waals surface area (Å²) in [4.78, 5) is 0.253. The van der Waals surface area contributed by atoms with E-state index in [1.54, 1.807) is 0 Å². The summed E-state index contributed by atoms with van der Waals surface area (Å²) in [5.74, 6) is -0.587. The van der Waals surface area contributed by atoms with Gasteiger partial charge in [-0.15, -0.1) is 0 Å². The molecule has 0 unspecified atom stereocenters. The molecule has 0 saturated carbocycles. The van der Waals surface area contributed by atoms with Crippen LogP contribution in [0.5, 0.6) is 0 Å². The normalized spacial score (nSPS) is 11.4. The van der Waals surface area contributed by atoms with Crippen molar-refractivity contribution in [1.29, 1.82) is 0 Å². The van der Waals surface area contributed by atoms with Crippen molar-refractivity contribution in [3.8, 4) is 0 Å². The highest BCUT2D eigenvalue weighted by Crippen LogP contribution is 2.10. The summed E-state index contributed by atoms with van der Waals surface area (Å²) in [6.07, 6.45) is 0.991. The minimum Gasteiger partial charge on any atom is -0.393 e. The molecule has 0 fully saturated rings. The van der Waals surface area contributed by atoms with E-state index in [0.717, 1.165) is 6.07 Å². The molecule has 1 aromatic carbocycles. The molecule has 1 rings (SSSR count). The number of hydrogen-bond donors (Lipinski definition) is 2. The lowest BCUT2D eigenvalue weighted by Gasteiger charge is -2.06. The molecular formula is C10H13FN2O2S2. The number of hydrogen-bond acceptors (Lipinski definition) is 3. The van der Waals surface area contributed by atoms with Crippen molar-refractivity contribution in [1.82, 2.24) is 4.72 Å². The number of nitrogens with two attached hydrogens (primary N) is 1. The summed E-state index contributed by atoms with van der Waals surface area (Å²) in [5, 5.41) is 0. The topological polar surface area (TPSA) is 72.2 Å². The molecular weight excluding hydrogens is 263 g/mol. The molecule has 0 amide bonds. The fourth-order valence-electron chi connectivity index (χ4n) is 1.19. The van der Waals surface area contributed by atoms with E-state index in [1.807, 2.05) is 0 Å². The Balaban J connectivity index is 2.60. The lowest BCUT2D eigenvalue weighted by atomic mass is 10.3. The fraction of sp³-hybridized carbons (Fsp3) is 0.300. The van der Waals surface area contributed by atoms with Gasteiger partial charge in [-0.2, -0.15) is 0 Å². The average molecular weight is 276 g/mol. The van der Waals surface area contributed by atoms with Crippen molar-refractivity contribution in [2.45, 2.75) is 17.7 Å². The first kappa shape index (κ1) is 14.0. The van der Waals surface area contributed by atoms with Crippen LogP contribution in [0, 0.1) is 5.82 Å². The second-order valence-electron chi connectivity index (χ2n) is 3.43. The highest BCUT2D eigenvalue weighted by Gasteiger charge is 2.13. The zero-order valence-corrected chi connectivity index (χ0v) is 10.7. The first-order valence-corrected chi connectivity index (χ1v) is 6.84. The predicted octanol–water partition coefficient (Wildman–Crippen LogP) is 1.17. The van der Waals surface area contributed by atoms with Crippen LogP contribution in [0.3, 0.4) is 0 Å². The van der Waals surface area contributed by atoms with Crippen LogP contribution >= 0.6 is 12.2 Å². The minimum atomic E-state index is -3.65. The summed E-state index contributed by atoms with van der Waals surface area (Å²) >= 11 is 4.66. The minimum absolute atomic E-state index is 0.0900. The molecule has 0 saturated heterocycles. The van der Waals surface area contributed by atoms with Crippen LogP contribution in [0.4, 0.5) is 4.39 Å². The van der Waals surface area contributed by atoms with Gasteiger partial charge in [0.25, 0.3) is 0 Å². The third-order valence-corrected chi connectivity index (χ3v) is 3.66. The molecule has 7 heteroatoms. The molecule has 94 valence electrons. The molecule has 3 N–H and O–H groups in total. The maximum atomic E-state index is 12.9. The van der Waals surface area contributed by atoms with Crippen LogP contribution in [0.1, 0.15) is 12.8 Å². The number of benzene rings is 1. The van der Waals surface area contributed by atoms with Crippen LogP contribution in [0.15, 0.2) is 29.2 Å². The van der Waals surface area contributed by atoms with Gasteiger partial charge in [0.1, 0.15) is 5.82 Å². The van der Waals surface area contributed by atoms with Crippen molar-refractivity contribution in [2.24, 2.45) is 5.73 Å². The average Bonchev–Trinajstić information content (AvgIpc) is 2.24. The van der Waals surface area contributed by atoms with Gasteiger partial charge in [-0.05, 0) is 31.0 Å². The summed E-state index contributed by atoms with van der Waals surface area (Å²) in [6.45, 7) is 0.218. The van der Waals surface area contributed by atoms with Gasteiger partial charge in [0.15, 0.2) is 0 Å². The van der Waals surface area contributed by atoms with Gasteiger partial charge >= 0.3 is 0 Å². The lowest BCUT2D eigenvalue weighted by Crippen LogP contribution is -2.25. The first-order chi connectivity index (χ1) is 7.92. The van der Waals surface area contributed by atoms with Gasteiger partial charge in [0, 0.05) is 6.54 Å². The summed E-state index contributed by atoms with van der Waals surface area (Å²) in [6, 6.07) is 4.83. The van der Waals surface area contributed by atoms with Gasteiger partial charge in [-0.3, -0.25) is 0 Å². The van der Waals surface area contributed by atoms with Gasteiger partial charge < -0.3 is 5.73 Å². The molecule has 4 nitrogen and oxygen atoms in total. The standard InChI is InChI=1S/C10H13FN2O2S2/c11-8-3-1-4-9(7-8)17(14,15)13-6-2-5-10(12)16/h1,3-4,7,13H,2,5-6H2,(H2,12,16). The molecule has 0 aliphatic carbocycles. The van der Waals surface area contributed by atoms with Crippen molar-refractivity contribution in [3.05, 3.63) is 30.1 Å². The third kappa shape index (κ3) is 4.76. The van der Waals surface area contributed by atoms with E-state index in [1.165, 1.54) is 18.2 Å². The Morgan fingerprint density at radius 3 is 2.76 bits per heavy atom. The zero-order chi connectivity index (χ0) is 12.9. The Kier molecular flexibility index (Phi) is 4.98. The Bertz CT molecular complexity index is 503. The Morgan fingerprint density at radius 1 is 1.47 bits per heavy atom. The van der Waals surface area contributed by atoms with E-state index in [4.69, 9.17) is 5.73 Å². The number of rotatable bonds is 6. The van der Waals surface area contributed by atoms with Crippen LogP contribution in [0.2, 0.25) is 0 Å². The van der Waals surface area contributed by atoms with E-state index in [0.29, 0.717) is 17.8 Å². The monoisotopic (exact) mass is 276 g/mol. The second-order valence-corrected chi connectivity index (χ2v) is 5.72. The van der Waals surface area contributed by atoms with Crippen molar-refractivity contribution < 1.29 is 12.8 Å². The second kappa shape index (κ2) is 6.04. The molecule has 0 atom stereocenters. The fourth-order valence-corrected chi connectivity index (χ4v) is 2.44. The SMILES string of the molecule is NC(=S)CCCNS(=O)(=O)c1cccc(F)c1. The molecule has 0 bridgehead atoms. The molecule has 0 aliphatic heterocycles. The maximum absolute atomic E-state index is 12.9. The third-order valence-electron chi connectivity index (χ3n) is 2.00. The Morgan fingerprint density at radius 2 is 2.18 bits per heavy atom. The number of sulfonamides is 1. The van der Waals surface area contributed by atoms with Gasteiger partial charge in [-0.1, -0.05) is 18.3 Å². The van der Waals surface area contributed by atoms with E-state index in [-0.39, 0.29) is 11.4 Å². The van der Waals surface area contributed by atoms with E-state index >= 15 is 0 Å². The van der Waals surface area contributed by atoms with E-state index in [2.05, 4.69) is 16.9 Å². The van der Waals surface area contributed by atoms with E-state index < -0.39 is 15.8 Å². The molecule has 0 heterocycles. The highest BCUT2D eigenvalue weighted by atomic mass is 32.2. The van der Waals surface area contributed by atoms with Gasteiger partial charge in [0.05, 0.1) is 9.88 Å². The smallest absolute Gasteiger partial charge is 0.240 e. The Labute approximate surface area is 105 Å². The van der Waals surface area contributed by atoms with Crippen molar-refractivity contribution >= 4 is 27.2 Å². The molecule has 0 spiro atoms. The van der Waals surface area contributed by atoms with Crippen LogP contribution in [0.25, 0.3) is 0 Å². The van der Waals surface area contributed by atoms with Crippen molar-refractivity contribution in [3.63, 3.8) is 0 Å². The first-order valence-electron chi connectivity index (χ1n) is 4.95. The van der Waals surface area contributed by atoms with Crippen molar-refractivity contribution in [2.75, 3.05) is 6.54 Å². The van der Waals surface area contributed by atoms with Crippen LogP contribution < -0.4 is 10.5 Å². The van der Waals surface area contributed by atoms with Gasteiger partial charge in [0.2, 0.25) is 10.0 Å². The maximum Gasteiger partial charge on any atom is 0.240 e. The van der Waals surface area contributed by atoms with E-state index in [9.17, 15) is 12.8 Å². The van der Waals surface area contributed by atoms with Crippen LogP contribution in [-0.4, -0.2) is 20.0 Å². The molecule has 0 aliphatic rings. The number of thiocarbonyl (C=S) groups is 1. The van der Waals surface area contributed by atoms with Crippen LogP contribution in [-0.2, 0) is 10.0 Å². The largest absolute Gasteiger partial charge is 0.393 e. The quantitative estimate of drug-likeness (QED) is 0.604.